The maximum Gasteiger partial charge on any atom is 0.290 e. The molecule has 0 saturated carbocycles. The van der Waals surface area contributed by atoms with Crippen LogP contribution in [0.3, 0.4) is 0 Å². The number of nitrogens with one attached hydrogen (secondary N) is 2. The van der Waals surface area contributed by atoms with Gasteiger partial charge in [-0.15, -0.1) is 0 Å². The van der Waals surface area contributed by atoms with Gasteiger partial charge in [0.25, 0.3) is 22.3 Å². The molecule has 22 heavy (non-hydrogen) atoms. The van der Waals surface area contributed by atoms with Crippen LogP contribution in [0, 0.1) is 0 Å². The van der Waals surface area contributed by atoms with E-state index >= 15 is 0 Å². The number of carbonyl (C=O) groups is 4. The Morgan fingerprint density at radius 3 is 1.32 bits per heavy atom. The minimum atomic E-state index is -0.404. The first-order valence-corrected chi connectivity index (χ1v) is 7.74. The van der Waals surface area contributed by atoms with E-state index in [2.05, 4.69) is 10.6 Å². The normalized spacial score (nSPS) is 21.6. The third-order valence-electron chi connectivity index (χ3n) is 2.82. The van der Waals surface area contributed by atoms with Crippen molar-refractivity contribution in [3.05, 3.63) is 45.2 Å². The summed E-state index contributed by atoms with van der Waals surface area (Å²) in [7, 11) is 0. The fourth-order valence-corrected chi connectivity index (χ4v) is 3.20. The van der Waals surface area contributed by atoms with Crippen molar-refractivity contribution in [1.29, 1.82) is 0 Å². The second-order valence-corrected chi connectivity index (χ2v) is 6.40. The van der Waals surface area contributed by atoms with E-state index in [4.69, 9.17) is 0 Å². The SMILES string of the molecule is O=C1NC(=O)C(=Cc2ccc(C=C3SC(=O)NC3=O)cc2)S1. The molecular weight excluding hydrogens is 324 g/mol. The molecule has 0 spiro atoms. The van der Waals surface area contributed by atoms with Crippen molar-refractivity contribution in [2.75, 3.05) is 0 Å². The Balaban J connectivity index is 1.79. The molecule has 6 nitrogen and oxygen atoms in total. The Labute approximate surface area is 133 Å². The highest BCUT2D eigenvalue weighted by atomic mass is 32.2. The van der Waals surface area contributed by atoms with Crippen LogP contribution in [0.1, 0.15) is 11.1 Å². The summed E-state index contributed by atoms with van der Waals surface area (Å²) < 4.78 is 0. The van der Waals surface area contributed by atoms with Gasteiger partial charge in [0, 0.05) is 0 Å². The van der Waals surface area contributed by atoms with Crippen LogP contribution in [-0.4, -0.2) is 22.3 Å². The first-order valence-electron chi connectivity index (χ1n) is 6.11. The quantitative estimate of drug-likeness (QED) is 0.808. The lowest BCUT2D eigenvalue weighted by atomic mass is 10.1. The van der Waals surface area contributed by atoms with Crippen LogP contribution in [0.15, 0.2) is 34.1 Å². The van der Waals surface area contributed by atoms with Crippen LogP contribution in [0.5, 0.6) is 0 Å². The Morgan fingerprint density at radius 2 is 1.05 bits per heavy atom. The van der Waals surface area contributed by atoms with Gasteiger partial charge in [-0.05, 0) is 46.8 Å². The number of hydrogen-bond acceptors (Lipinski definition) is 6. The molecule has 0 bridgehead atoms. The second kappa shape index (κ2) is 5.82. The molecule has 0 radical (unpaired) electrons. The van der Waals surface area contributed by atoms with E-state index in [-0.39, 0.29) is 10.5 Å². The van der Waals surface area contributed by atoms with Gasteiger partial charge >= 0.3 is 0 Å². The van der Waals surface area contributed by atoms with E-state index in [1.807, 2.05) is 0 Å². The first kappa shape index (κ1) is 14.6. The summed E-state index contributed by atoms with van der Waals surface area (Å²) in [5, 5.41) is 3.60. The highest BCUT2D eigenvalue weighted by Gasteiger charge is 2.25. The van der Waals surface area contributed by atoms with Gasteiger partial charge in [0.2, 0.25) is 0 Å². The number of benzene rings is 1. The molecule has 0 atom stereocenters. The standard InChI is InChI=1S/C14H8N2O4S2/c17-11-9(21-13(19)15-11)5-7-1-2-8(4-3-7)6-10-12(18)16-14(20)22-10/h1-6H,(H,15,17,19)(H,16,18,20). The Bertz CT molecular complexity index is 701. The fourth-order valence-electron chi connectivity index (χ4n) is 1.83. The van der Waals surface area contributed by atoms with E-state index in [1.165, 1.54) is 0 Å². The topological polar surface area (TPSA) is 92.3 Å². The highest BCUT2D eigenvalue weighted by Crippen LogP contribution is 2.27. The molecule has 110 valence electrons. The van der Waals surface area contributed by atoms with Gasteiger partial charge in [-0.2, -0.15) is 0 Å². The van der Waals surface area contributed by atoms with Crippen LogP contribution in [-0.2, 0) is 9.59 Å². The molecule has 0 unspecified atom stereocenters. The Kier molecular flexibility index (Phi) is 3.86. The van der Waals surface area contributed by atoms with Crippen LogP contribution in [0.4, 0.5) is 9.59 Å². The van der Waals surface area contributed by atoms with E-state index in [1.54, 1.807) is 36.4 Å². The van der Waals surface area contributed by atoms with Gasteiger partial charge in [0.15, 0.2) is 0 Å². The molecule has 2 aliphatic rings. The van der Waals surface area contributed by atoms with E-state index < -0.39 is 11.8 Å². The number of thioether (sulfide) groups is 2. The molecule has 0 aliphatic carbocycles. The van der Waals surface area contributed by atoms with E-state index in [0.717, 1.165) is 34.7 Å². The molecular formula is C14H8N2O4S2. The zero-order valence-corrected chi connectivity index (χ0v) is 12.5. The molecule has 2 fully saturated rings. The van der Waals surface area contributed by atoms with Gasteiger partial charge in [-0.3, -0.25) is 29.8 Å². The zero-order chi connectivity index (χ0) is 15.7. The van der Waals surface area contributed by atoms with Crippen molar-refractivity contribution in [3.63, 3.8) is 0 Å². The monoisotopic (exact) mass is 332 g/mol. The predicted octanol–water partition coefficient (Wildman–Crippen LogP) is 2.33. The van der Waals surface area contributed by atoms with Gasteiger partial charge < -0.3 is 0 Å². The third-order valence-corrected chi connectivity index (χ3v) is 4.44. The number of hydrogen-bond donors (Lipinski definition) is 2. The summed E-state index contributed by atoms with van der Waals surface area (Å²) in [6.45, 7) is 0. The van der Waals surface area contributed by atoms with Gasteiger partial charge in [-0.1, -0.05) is 24.3 Å². The molecule has 2 heterocycles. The Morgan fingerprint density at radius 1 is 0.682 bits per heavy atom. The lowest BCUT2D eigenvalue weighted by Gasteiger charge is -1.98. The molecule has 4 amide bonds. The zero-order valence-electron chi connectivity index (χ0n) is 10.9. The van der Waals surface area contributed by atoms with Gasteiger partial charge in [0.05, 0.1) is 9.81 Å². The molecule has 1 aromatic carbocycles. The van der Waals surface area contributed by atoms with E-state index in [9.17, 15) is 19.2 Å². The summed E-state index contributed by atoms with van der Waals surface area (Å²) in [5.41, 5.74) is 1.52. The summed E-state index contributed by atoms with van der Waals surface area (Å²) in [5.74, 6) is -0.808. The average molecular weight is 332 g/mol. The lowest BCUT2D eigenvalue weighted by molar-refractivity contribution is -0.116. The van der Waals surface area contributed by atoms with Crippen molar-refractivity contribution in [2.24, 2.45) is 0 Å². The largest absolute Gasteiger partial charge is 0.290 e. The first-order chi connectivity index (χ1) is 10.5. The molecule has 0 aromatic heterocycles. The average Bonchev–Trinajstić information content (AvgIpc) is 2.94. The third kappa shape index (κ3) is 3.12. The van der Waals surface area contributed by atoms with Gasteiger partial charge in [0.1, 0.15) is 0 Å². The van der Waals surface area contributed by atoms with E-state index in [0.29, 0.717) is 9.81 Å². The van der Waals surface area contributed by atoms with Crippen LogP contribution >= 0.6 is 23.5 Å². The number of imide groups is 2. The molecule has 8 heteroatoms. The Hall–Kier alpha value is -2.32. The number of carbonyl (C=O) groups excluding carboxylic acids is 4. The molecule has 1 aromatic rings. The maximum absolute atomic E-state index is 11.4. The summed E-state index contributed by atoms with van der Waals surface area (Å²) in [6.07, 6.45) is 3.23. The highest BCUT2D eigenvalue weighted by molar-refractivity contribution is 8.18. The summed E-state index contributed by atoms with van der Waals surface area (Å²) in [6, 6.07) is 7.04. The van der Waals surface area contributed by atoms with Crippen LogP contribution < -0.4 is 10.6 Å². The van der Waals surface area contributed by atoms with Crippen molar-refractivity contribution in [3.8, 4) is 0 Å². The fraction of sp³-hybridized carbons (Fsp3) is 0. The van der Waals surface area contributed by atoms with Gasteiger partial charge in [-0.25, -0.2) is 0 Å². The molecule has 3 rings (SSSR count). The molecule has 2 N–H and O–H groups in total. The van der Waals surface area contributed by atoms with Crippen molar-refractivity contribution in [1.82, 2.24) is 10.6 Å². The lowest BCUT2D eigenvalue weighted by Crippen LogP contribution is -2.17. The summed E-state index contributed by atoms with van der Waals surface area (Å²) >= 11 is 1.71. The minimum absolute atomic E-state index is 0.340. The van der Waals surface area contributed by atoms with Crippen LogP contribution in [0.2, 0.25) is 0 Å². The van der Waals surface area contributed by atoms with Crippen molar-refractivity contribution in [2.45, 2.75) is 0 Å². The van der Waals surface area contributed by atoms with Crippen molar-refractivity contribution >= 4 is 58.0 Å². The number of amides is 4. The molecule has 2 saturated heterocycles. The molecule has 2 aliphatic heterocycles. The van der Waals surface area contributed by atoms with Crippen LogP contribution in [0.25, 0.3) is 12.2 Å². The smallest absolute Gasteiger partial charge is 0.282 e. The van der Waals surface area contributed by atoms with Crippen molar-refractivity contribution < 1.29 is 19.2 Å². The second-order valence-electron chi connectivity index (χ2n) is 4.37. The number of rotatable bonds is 2. The minimum Gasteiger partial charge on any atom is -0.282 e. The predicted molar refractivity (Wildman–Crippen MR) is 84.7 cm³/mol. The maximum atomic E-state index is 11.4. The summed E-state index contributed by atoms with van der Waals surface area (Å²) in [4.78, 5) is 45.7.